The van der Waals surface area contributed by atoms with Gasteiger partial charge in [0.25, 0.3) is 0 Å². The van der Waals surface area contributed by atoms with Gasteiger partial charge in [0.15, 0.2) is 0 Å². The first-order valence-electron chi connectivity index (χ1n) is 6.75. The molecule has 1 fully saturated rings. The molecule has 0 saturated heterocycles. The lowest BCUT2D eigenvalue weighted by atomic mass is 9.88. The standard InChI is InChI=1S/C15H21F2N/c1-10(2)18-9-11-4-3-5-15(11)12-6-13(16)8-14(17)7-12/h6-8,10-11,15,18H,3-5,9H2,1-2H3. The Hall–Kier alpha value is -0.960. The molecule has 0 amide bonds. The summed E-state index contributed by atoms with van der Waals surface area (Å²) >= 11 is 0. The molecule has 0 bridgehead atoms. The summed E-state index contributed by atoms with van der Waals surface area (Å²) < 4.78 is 26.5. The van der Waals surface area contributed by atoms with Crippen LogP contribution in [-0.2, 0) is 0 Å². The highest BCUT2D eigenvalue weighted by molar-refractivity contribution is 5.23. The Labute approximate surface area is 108 Å². The van der Waals surface area contributed by atoms with E-state index in [0.29, 0.717) is 17.9 Å². The Morgan fingerprint density at radius 2 is 1.83 bits per heavy atom. The fraction of sp³-hybridized carbons (Fsp3) is 0.600. The van der Waals surface area contributed by atoms with Crippen LogP contribution in [0.5, 0.6) is 0 Å². The van der Waals surface area contributed by atoms with Gasteiger partial charge in [-0.05, 0) is 48.9 Å². The van der Waals surface area contributed by atoms with Crippen LogP contribution >= 0.6 is 0 Å². The number of rotatable bonds is 4. The van der Waals surface area contributed by atoms with Crippen molar-refractivity contribution in [1.82, 2.24) is 5.32 Å². The molecule has 2 atom stereocenters. The first-order chi connectivity index (χ1) is 8.56. The third-order valence-corrected chi connectivity index (χ3v) is 3.76. The van der Waals surface area contributed by atoms with Gasteiger partial charge < -0.3 is 5.32 Å². The molecule has 1 N–H and O–H groups in total. The van der Waals surface area contributed by atoms with E-state index in [0.717, 1.165) is 37.4 Å². The Morgan fingerprint density at radius 1 is 1.17 bits per heavy atom. The first-order valence-corrected chi connectivity index (χ1v) is 6.75. The molecular formula is C15H21F2N. The van der Waals surface area contributed by atoms with Crippen LogP contribution in [0.1, 0.15) is 44.6 Å². The number of benzene rings is 1. The minimum Gasteiger partial charge on any atom is -0.314 e. The van der Waals surface area contributed by atoms with Crippen LogP contribution in [0, 0.1) is 17.6 Å². The average Bonchev–Trinajstić information content (AvgIpc) is 2.72. The number of hydrogen-bond donors (Lipinski definition) is 1. The summed E-state index contributed by atoms with van der Waals surface area (Å²) in [5.41, 5.74) is 0.820. The second-order valence-corrected chi connectivity index (χ2v) is 5.56. The summed E-state index contributed by atoms with van der Waals surface area (Å²) in [6.07, 6.45) is 3.32. The molecule has 0 aliphatic heterocycles. The maximum Gasteiger partial charge on any atom is 0.126 e. The average molecular weight is 253 g/mol. The largest absolute Gasteiger partial charge is 0.314 e. The Kier molecular flexibility index (Phi) is 4.33. The van der Waals surface area contributed by atoms with Gasteiger partial charge in [-0.3, -0.25) is 0 Å². The van der Waals surface area contributed by atoms with Crippen molar-refractivity contribution in [3.63, 3.8) is 0 Å². The molecule has 1 aromatic rings. The van der Waals surface area contributed by atoms with Gasteiger partial charge in [-0.1, -0.05) is 20.3 Å². The van der Waals surface area contributed by atoms with Crippen LogP contribution in [0.3, 0.4) is 0 Å². The summed E-state index contributed by atoms with van der Waals surface area (Å²) in [6, 6.07) is 4.37. The summed E-state index contributed by atoms with van der Waals surface area (Å²) in [5, 5.41) is 3.43. The Balaban J connectivity index is 2.10. The van der Waals surface area contributed by atoms with E-state index in [-0.39, 0.29) is 0 Å². The van der Waals surface area contributed by atoms with Gasteiger partial charge in [0.1, 0.15) is 11.6 Å². The van der Waals surface area contributed by atoms with E-state index in [1.165, 1.54) is 12.1 Å². The zero-order valence-electron chi connectivity index (χ0n) is 11.0. The maximum atomic E-state index is 13.3. The number of halogens is 2. The van der Waals surface area contributed by atoms with Gasteiger partial charge >= 0.3 is 0 Å². The van der Waals surface area contributed by atoms with Crippen LogP contribution in [0.2, 0.25) is 0 Å². The Bertz CT molecular complexity index is 383. The lowest BCUT2D eigenvalue weighted by Crippen LogP contribution is -2.30. The zero-order valence-corrected chi connectivity index (χ0v) is 11.0. The highest BCUT2D eigenvalue weighted by atomic mass is 19.1. The molecule has 0 radical (unpaired) electrons. The second-order valence-electron chi connectivity index (χ2n) is 5.56. The summed E-state index contributed by atoms with van der Waals surface area (Å²) in [7, 11) is 0. The van der Waals surface area contributed by atoms with Gasteiger partial charge in [0, 0.05) is 12.1 Å². The molecule has 100 valence electrons. The lowest BCUT2D eigenvalue weighted by Gasteiger charge is -2.22. The van der Waals surface area contributed by atoms with Crippen LogP contribution in [0.4, 0.5) is 8.78 Å². The van der Waals surface area contributed by atoms with Gasteiger partial charge in [0.2, 0.25) is 0 Å². The molecule has 1 aliphatic rings. The topological polar surface area (TPSA) is 12.0 Å². The zero-order chi connectivity index (χ0) is 13.1. The van der Waals surface area contributed by atoms with Crippen LogP contribution in [-0.4, -0.2) is 12.6 Å². The van der Waals surface area contributed by atoms with Gasteiger partial charge in [-0.15, -0.1) is 0 Å². The van der Waals surface area contributed by atoms with Crippen molar-refractivity contribution in [2.24, 2.45) is 5.92 Å². The third-order valence-electron chi connectivity index (χ3n) is 3.76. The van der Waals surface area contributed by atoms with Gasteiger partial charge in [0.05, 0.1) is 0 Å². The lowest BCUT2D eigenvalue weighted by molar-refractivity contribution is 0.420. The molecule has 18 heavy (non-hydrogen) atoms. The fourth-order valence-electron chi connectivity index (χ4n) is 2.90. The van der Waals surface area contributed by atoms with Gasteiger partial charge in [-0.2, -0.15) is 0 Å². The van der Waals surface area contributed by atoms with Crippen molar-refractivity contribution in [3.8, 4) is 0 Å². The molecule has 1 nitrogen and oxygen atoms in total. The number of nitrogens with one attached hydrogen (secondary N) is 1. The molecule has 1 aromatic carbocycles. The molecule has 2 unspecified atom stereocenters. The van der Waals surface area contributed by atoms with E-state index in [2.05, 4.69) is 19.2 Å². The summed E-state index contributed by atoms with van der Waals surface area (Å²) in [4.78, 5) is 0. The number of hydrogen-bond acceptors (Lipinski definition) is 1. The highest BCUT2D eigenvalue weighted by Gasteiger charge is 2.29. The van der Waals surface area contributed by atoms with Crippen molar-refractivity contribution in [2.45, 2.75) is 45.1 Å². The van der Waals surface area contributed by atoms with Crippen molar-refractivity contribution in [1.29, 1.82) is 0 Å². The normalized spacial score (nSPS) is 23.8. The van der Waals surface area contributed by atoms with Crippen molar-refractivity contribution >= 4 is 0 Å². The summed E-state index contributed by atoms with van der Waals surface area (Å²) in [5.74, 6) is -0.144. The second kappa shape index (κ2) is 5.79. The molecule has 1 aliphatic carbocycles. The predicted molar refractivity (Wildman–Crippen MR) is 69.6 cm³/mol. The fourth-order valence-corrected chi connectivity index (χ4v) is 2.90. The predicted octanol–water partition coefficient (Wildman–Crippen LogP) is 3.85. The van der Waals surface area contributed by atoms with Crippen LogP contribution < -0.4 is 5.32 Å². The minimum atomic E-state index is -0.465. The Morgan fingerprint density at radius 3 is 2.44 bits per heavy atom. The van der Waals surface area contributed by atoms with Crippen LogP contribution in [0.15, 0.2) is 18.2 Å². The minimum absolute atomic E-state index is 0.293. The monoisotopic (exact) mass is 253 g/mol. The molecule has 0 spiro atoms. The molecule has 0 aromatic heterocycles. The van der Waals surface area contributed by atoms with E-state index >= 15 is 0 Å². The first kappa shape index (κ1) is 13.5. The van der Waals surface area contributed by atoms with E-state index in [1.54, 1.807) is 0 Å². The van der Waals surface area contributed by atoms with Crippen molar-refractivity contribution in [2.75, 3.05) is 6.54 Å². The molecule has 1 saturated carbocycles. The van der Waals surface area contributed by atoms with E-state index < -0.39 is 11.6 Å². The summed E-state index contributed by atoms with van der Waals surface area (Å²) in [6.45, 7) is 5.16. The van der Waals surface area contributed by atoms with E-state index in [1.807, 2.05) is 0 Å². The molecule has 0 heterocycles. The van der Waals surface area contributed by atoms with Crippen LogP contribution in [0.25, 0.3) is 0 Å². The van der Waals surface area contributed by atoms with E-state index in [9.17, 15) is 8.78 Å². The smallest absolute Gasteiger partial charge is 0.126 e. The quantitative estimate of drug-likeness (QED) is 0.859. The highest BCUT2D eigenvalue weighted by Crippen LogP contribution is 2.39. The van der Waals surface area contributed by atoms with E-state index in [4.69, 9.17) is 0 Å². The van der Waals surface area contributed by atoms with Crippen molar-refractivity contribution in [3.05, 3.63) is 35.4 Å². The van der Waals surface area contributed by atoms with Gasteiger partial charge in [-0.25, -0.2) is 8.78 Å². The maximum absolute atomic E-state index is 13.3. The molecule has 2 rings (SSSR count). The third kappa shape index (κ3) is 3.29. The molecule has 3 heteroatoms. The SMILES string of the molecule is CC(C)NCC1CCCC1c1cc(F)cc(F)c1. The van der Waals surface area contributed by atoms with Crippen molar-refractivity contribution < 1.29 is 8.78 Å². The molecular weight excluding hydrogens is 232 g/mol.